The van der Waals surface area contributed by atoms with E-state index in [1.54, 1.807) is 11.8 Å². The molecule has 1 aromatic rings. The van der Waals surface area contributed by atoms with Crippen LogP contribution in [0.4, 0.5) is 4.39 Å². The van der Waals surface area contributed by atoms with Crippen LogP contribution in [0.15, 0.2) is 18.2 Å². The lowest BCUT2D eigenvalue weighted by Gasteiger charge is -2.11. The average molecular weight is 243 g/mol. The summed E-state index contributed by atoms with van der Waals surface area (Å²) in [7, 11) is 0. The molecule has 0 aromatic heterocycles. The molecule has 0 radical (unpaired) electrons. The number of hydrogen-bond donors (Lipinski definition) is 1. The predicted octanol–water partition coefficient (Wildman–Crippen LogP) is 2.53. The lowest BCUT2D eigenvalue weighted by molar-refractivity contribution is 0.201. The van der Waals surface area contributed by atoms with Gasteiger partial charge in [0.15, 0.2) is 0 Å². The molecule has 0 aliphatic rings. The van der Waals surface area contributed by atoms with Gasteiger partial charge in [-0.25, -0.2) is 4.39 Å². The van der Waals surface area contributed by atoms with E-state index in [2.05, 4.69) is 12.3 Å². The fraction of sp³-hybridized carbons (Fsp3) is 0.500. The van der Waals surface area contributed by atoms with Crippen molar-refractivity contribution in [1.29, 1.82) is 0 Å². The first-order valence-electron chi connectivity index (χ1n) is 5.22. The average Bonchev–Trinajstić information content (AvgIpc) is 2.25. The Balaban J connectivity index is 2.64. The standard InChI is InChI=1S/C12H18FNOS/c1-9-3-10(8-16-2)5-12(4-9)15-7-11(13)6-14/h3-5,11H,6-8,14H2,1-2H3/t11-/m1/s1. The van der Waals surface area contributed by atoms with E-state index >= 15 is 0 Å². The van der Waals surface area contributed by atoms with Gasteiger partial charge in [-0.3, -0.25) is 0 Å². The van der Waals surface area contributed by atoms with Crippen LogP contribution in [-0.4, -0.2) is 25.6 Å². The predicted molar refractivity (Wildman–Crippen MR) is 67.8 cm³/mol. The number of rotatable bonds is 6. The van der Waals surface area contributed by atoms with Crippen molar-refractivity contribution in [3.05, 3.63) is 29.3 Å². The number of hydrogen-bond acceptors (Lipinski definition) is 3. The van der Waals surface area contributed by atoms with Crippen molar-refractivity contribution in [3.8, 4) is 5.75 Å². The van der Waals surface area contributed by atoms with Gasteiger partial charge in [0.05, 0.1) is 0 Å². The van der Waals surface area contributed by atoms with Crippen LogP contribution in [0.2, 0.25) is 0 Å². The Morgan fingerprint density at radius 1 is 1.44 bits per heavy atom. The molecule has 0 aliphatic heterocycles. The molecule has 0 bridgehead atoms. The van der Waals surface area contributed by atoms with Gasteiger partial charge in [0.1, 0.15) is 18.5 Å². The molecule has 2 N–H and O–H groups in total. The number of ether oxygens (including phenoxy) is 1. The van der Waals surface area contributed by atoms with Gasteiger partial charge >= 0.3 is 0 Å². The molecule has 1 aromatic carbocycles. The van der Waals surface area contributed by atoms with Gasteiger partial charge in [-0.05, 0) is 36.4 Å². The topological polar surface area (TPSA) is 35.2 Å². The molecule has 90 valence electrons. The fourth-order valence-corrected chi connectivity index (χ4v) is 1.91. The molecule has 0 fully saturated rings. The highest BCUT2D eigenvalue weighted by molar-refractivity contribution is 7.97. The molecular weight excluding hydrogens is 225 g/mol. The lowest BCUT2D eigenvalue weighted by Crippen LogP contribution is -2.22. The van der Waals surface area contributed by atoms with E-state index in [1.807, 2.05) is 19.1 Å². The zero-order valence-electron chi connectivity index (χ0n) is 9.70. The Morgan fingerprint density at radius 3 is 2.81 bits per heavy atom. The largest absolute Gasteiger partial charge is 0.490 e. The van der Waals surface area contributed by atoms with Crippen molar-refractivity contribution in [2.45, 2.75) is 18.8 Å². The summed E-state index contributed by atoms with van der Waals surface area (Å²) in [5.41, 5.74) is 7.51. The molecule has 0 saturated carbocycles. The van der Waals surface area contributed by atoms with Crippen LogP contribution >= 0.6 is 11.8 Å². The maximum absolute atomic E-state index is 12.9. The Kier molecular flexibility index (Phi) is 5.63. The van der Waals surface area contributed by atoms with E-state index in [0.717, 1.165) is 17.1 Å². The molecular formula is C12H18FNOS. The SMILES string of the molecule is CSCc1cc(C)cc(OC[C@H](F)CN)c1. The highest BCUT2D eigenvalue weighted by Gasteiger charge is 2.05. The van der Waals surface area contributed by atoms with Crippen molar-refractivity contribution in [2.75, 3.05) is 19.4 Å². The van der Waals surface area contributed by atoms with E-state index in [4.69, 9.17) is 10.5 Å². The molecule has 0 aliphatic carbocycles. The number of nitrogens with two attached hydrogens (primary N) is 1. The van der Waals surface area contributed by atoms with Crippen LogP contribution < -0.4 is 10.5 Å². The van der Waals surface area contributed by atoms with E-state index in [-0.39, 0.29) is 13.2 Å². The minimum absolute atomic E-state index is 0.00346. The number of aryl methyl sites for hydroxylation is 1. The van der Waals surface area contributed by atoms with Gasteiger partial charge < -0.3 is 10.5 Å². The van der Waals surface area contributed by atoms with Gasteiger partial charge in [0.25, 0.3) is 0 Å². The quantitative estimate of drug-likeness (QED) is 0.834. The summed E-state index contributed by atoms with van der Waals surface area (Å²) in [5.74, 6) is 1.66. The van der Waals surface area contributed by atoms with E-state index in [9.17, 15) is 4.39 Å². The zero-order chi connectivity index (χ0) is 12.0. The third-order valence-corrected chi connectivity index (χ3v) is 2.73. The molecule has 2 nitrogen and oxygen atoms in total. The first-order valence-corrected chi connectivity index (χ1v) is 6.61. The van der Waals surface area contributed by atoms with Crippen molar-refractivity contribution >= 4 is 11.8 Å². The van der Waals surface area contributed by atoms with E-state index in [0.29, 0.717) is 0 Å². The minimum atomic E-state index is -1.09. The van der Waals surface area contributed by atoms with Crippen LogP contribution in [-0.2, 0) is 5.75 Å². The smallest absolute Gasteiger partial charge is 0.146 e. The Hall–Kier alpha value is -0.740. The highest BCUT2D eigenvalue weighted by atomic mass is 32.2. The summed E-state index contributed by atoms with van der Waals surface area (Å²) < 4.78 is 18.3. The molecule has 0 spiro atoms. The number of halogens is 1. The zero-order valence-corrected chi connectivity index (χ0v) is 10.5. The Labute approximate surface area is 100 Å². The van der Waals surface area contributed by atoms with Crippen LogP contribution in [0.1, 0.15) is 11.1 Å². The minimum Gasteiger partial charge on any atom is -0.490 e. The fourth-order valence-electron chi connectivity index (χ4n) is 1.41. The van der Waals surface area contributed by atoms with Crippen molar-refractivity contribution < 1.29 is 9.13 Å². The summed E-state index contributed by atoms with van der Waals surface area (Å²) >= 11 is 1.75. The highest BCUT2D eigenvalue weighted by Crippen LogP contribution is 2.20. The van der Waals surface area contributed by atoms with Crippen LogP contribution in [0.3, 0.4) is 0 Å². The Morgan fingerprint density at radius 2 is 2.19 bits per heavy atom. The molecule has 16 heavy (non-hydrogen) atoms. The maximum atomic E-state index is 12.9. The molecule has 0 saturated heterocycles. The van der Waals surface area contributed by atoms with Gasteiger partial charge in [-0.2, -0.15) is 11.8 Å². The number of thioether (sulfide) groups is 1. The summed E-state index contributed by atoms with van der Waals surface area (Å²) in [6, 6.07) is 5.97. The molecule has 0 amide bonds. The van der Waals surface area contributed by atoms with Crippen LogP contribution in [0, 0.1) is 6.92 Å². The van der Waals surface area contributed by atoms with Gasteiger partial charge in [-0.15, -0.1) is 0 Å². The molecule has 1 rings (SSSR count). The van der Waals surface area contributed by atoms with Gasteiger partial charge in [-0.1, -0.05) is 6.07 Å². The monoisotopic (exact) mass is 243 g/mol. The van der Waals surface area contributed by atoms with E-state index in [1.165, 1.54) is 5.56 Å². The maximum Gasteiger partial charge on any atom is 0.146 e. The van der Waals surface area contributed by atoms with Crippen LogP contribution in [0.5, 0.6) is 5.75 Å². The normalized spacial score (nSPS) is 12.5. The first kappa shape index (κ1) is 13.3. The van der Waals surface area contributed by atoms with E-state index < -0.39 is 6.17 Å². The second-order valence-electron chi connectivity index (χ2n) is 3.73. The summed E-state index contributed by atoms with van der Waals surface area (Å²) in [4.78, 5) is 0. The van der Waals surface area contributed by atoms with Crippen molar-refractivity contribution in [1.82, 2.24) is 0 Å². The third kappa shape index (κ3) is 4.41. The summed E-state index contributed by atoms with van der Waals surface area (Å²) in [5, 5.41) is 0. The molecule has 0 unspecified atom stereocenters. The lowest BCUT2D eigenvalue weighted by atomic mass is 10.1. The second-order valence-corrected chi connectivity index (χ2v) is 4.60. The van der Waals surface area contributed by atoms with Crippen molar-refractivity contribution in [3.63, 3.8) is 0 Å². The van der Waals surface area contributed by atoms with Crippen molar-refractivity contribution in [2.24, 2.45) is 5.73 Å². The third-order valence-electron chi connectivity index (χ3n) is 2.11. The molecule has 0 heterocycles. The Bertz CT molecular complexity index is 333. The first-order chi connectivity index (χ1) is 7.65. The second kappa shape index (κ2) is 6.76. The summed E-state index contributed by atoms with van der Waals surface area (Å²) in [6.45, 7) is 2.04. The number of benzene rings is 1. The number of alkyl halides is 1. The molecule has 1 atom stereocenters. The van der Waals surface area contributed by atoms with Gasteiger partial charge in [0.2, 0.25) is 0 Å². The summed E-state index contributed by atoms with van der Waals surface area (Å²) in [6.07, 6.45) is 0.957. The van der Waals surface area contributed by atoms with Gasteiger partial charge in [0, 0.05) is 12.3 Å². The molecule has 4 heteroatoms. The van der Waals surface area contributed by atoms with Crippen LogP contribution in [0.25, 0.3) is 0 Å².